The molecule has 0 aromatic heterocycles. The van der Waals surface area contributed by atoms with Gasteiger partial charge in [-0.1, -0.05) is 12.1 Å². The highest BCUT2D eigenvalue weighted by Crippen LogP contribution is 2.33. The zero-order valence-corrected chi connectivity index (χ0v) is 11.5. The SMILES string of the molecule is CCOc1cccc(C(CCC(=O)O)(OC)OC)c1. The highest BCUT2D eigenvalue weighted by atomic mass is 16.7. The predicted molar refractivity (Wildman–Crippen MR) is 70.2 cm³/mol. The third kappa shape index (κ3) is 3.94. The second-order valence-corrected chi connectivity index (χ2v) is 4.02. The van der Waals surface area contributed by atoms with Crippen LogP contribution in [0.4, 0.5) is 0 Å². The van der Waals surface area contributed by atoms with Gasteiger partial charge < -0.3 is 19.3 Å². The minimum atomic E-state index is -1.06. The fourth-order valence-corrected chi connectivity index (χ4v) is 1.93. The van der Waals surface area contributed by atoms with Crippen LogP contribution in [0.1, 0.15) is 25.3 Å². The van der Waals surface area contributed by atoms with Crippen molar-refractivity contribution in [3.8, 4) is 5.75 Å². The summed E-state index contributed by atoms with van der Waals surface area (Å²) in [6.07, 6.45) is 0.186. The number of rotatable bonds is 8. The summed E-state index contributed by atoms with van der Waals surface area (Å²) < 4.78 is 16.3. The summed E-state index contributed by atoms with van der Waals surface area (Å²) in [4.78, 5) is 10.7. The normalized spacial score (nSPS) is 11.3. The molecule has 5 nitrogen and oxygen atoms in total. The highest BCUT2D eigenvalue weighted by Gasteiger charge is 2.33. The van der Waals surface area contributed by atoms with Crippen molar-refractivity contribution >= 4 is 5.97 Å². The average Bonchev–Trinajstić information content (AvgIpc) is 2.41. The van der Waals surface area contributed by atoms with Crippen molar-refractivity contribution < 1.29 is 24.1 Å². The van der Waals surface area contributed by atoms with E-state index in [0.717, 1.165) is 5.56 Å². The number of aliphatic carboxylic acids is 1. The molecule has 0 spiro atoms. The van der Waals surface area contributed by atoms with Gasteiger partial charge in [0, 0.05) is 26.2 Å². The third-order valence-corrected chi connectivity index (χ3v) is 2.91. The van der Waals surface area contributed by atoms with Gasteiger partial charge in [0.05, 0.1) is 13.0 Å². The molecule has 0 fully saturated rings. The average molecular weight is 268 g/mol. The van der Waals surface area contributed by atoms with Crippen LogP contribution in [-0.4, -0.2) is 31.9 Å². The number of benzene rings is 1. The lowest BCUT2D eigenvalue weighted by Crippen LogP contribution is -2.31. The van der Waals surface area contributed by atoms with Crippen molar-refractivity contribution in [2.24, 2.45) is 0 Å². The van der Waals surface area contributed by atoms with E-state index < -0.39 is 11.8 Å². The molecular formula is C14H20O5. The molecule has 0 aliphatic heterocycles. The van der Waals surface area contributed by atoms with Crippen LogP contribution in [0, 0.1) is 0 Å². The van der Waals surface area contributed by atoms with Gasteiger partial charge in [0.25, 0.3) is 0 Å². The summed E-state index contributed by atoms with van der Waals surface area (Å²) in [5.41, 5.74) is 0.740. The summed E-state index contributed by atoms with van der Waals surface area (Å²) in [7, 11) is 3.00. The topological polar surface area (TPSA) is 65.0 Å². The van der Waals surface area contributed by atoms with E-state index in [0.29, 0.717) is 12.4 Å². The van der Waals surface area contributed by atoms with Gasteiger partial charge in [-0.2, -0.15) is 0 Å². The molecule has 0 saturated heterocycles. The molecule has 1 rings (SSSR count). The number of hydrogen-bond acceptors (Lipinski definition) is 4. The van der Waals surface area contributed by atoms with Crippen LogP contribution in [0.2, 0.25) is 0 Å². The Morgan fingerprint density at radius 1 is 1.32 bits per heavy atom. The molecule has 5 heteroatoms. The zero-order valence-electron chi connectivity index (χ0n) is 11.5. The molecule has 0 saturated carbocycles. The first-order valence-corrected chi connectivity index (χ1v) is 6.13. The van der Waals surface area contributed by atoms with Crippen LogP contribution in [0.3, 0.4) is 0 Å². The van der Waals surface area contributed by atoms with E-state index in [-0.39, 0.29) is 12.8 Å². The Hall–Kier alpha value is -1.59. The molecule has 0 amide bonds. The van der Waals surface area contributed by atoms with Gasteiger partial charge in [-0.3, -0.25) is 4.79 Å². The van der Waals surface area contributed by atoms with Gasteiger partial charge in [0.1, 0.15) is 5.75 Å². The van der Waals surface area contributed by atoms with Gasteiger partial charge in [0.15, 0.2) is 5.79 Å². The van der Waals surface area contributed by atoms with E-state index in [1.165, 1.54) is 14.2 Å². The minimum Gasteiger partial charge on any atom is -0.494 e. The quantitative estimate of drug-likeness (QED) is 0.733. The van der Waals surface area contributed by atoms with E-state index in [1.807, 2.05) is 25.1 Å². The summed E-state index contributed by atoms with van der Waals surface area (Å²) >= 11 is 0. The molecule has 0 unspecified atom stereocenters. The Balaban J connectivity index is 3.02. The molecule has 0 atom stereocenters. The van der Waals surface area contributed by atoms with E-state index >= 15 is 0 Å². The molecule has 0 heterocycles. The highest BCUT2D eigenvalue weighted by molar-refractivity contribution is 5.66. The lowest BCUT2D eigenvalue weighted by atomic mass is 10.00. The van der Waals surface area contributed by atoms with E-state index in [1.54, 1.807) is 6.07 Å². The smallest absolute Gasteiger partial charge is 0.303 e. The number of carbonyl (C=O) groups is 1. The first-order valence-electron chi connectivity index (χ1n) is 6.13. The van der Waals surface area contributed by atoms with Gasteiger partial charge in [-0.25, -0.2) is 0 Å². The number of hydrogen-bond donors (Lipinski definition) is 1. The molecule has 1 aromatic carbocycles. The minimum absolute atomic E-state index is 0.0411. The molecule has 106 valence electrons. The standard InChI is InChI=1S/C14H20O5/c1-4-19-12-7-5-6-11(10-12)14(17-2,18-3)9-8-13(15)16/h5-7,10H,4,8-9H2,1-3H3,(H,15,16). The first kappa shape index (κ1) is 15.5. The summed E-state index contributed by atoms with van der Waals surface area (Å²) in [5.74, 6) is -1.25. The maximum absolute atomic E-state index is 10.7. The number of ether oxygens (including phenoxy) is 3. The van der Waals surface area contributed by atoms with Crippen LogP contribution < -0.4 is 4.74 Å². The summed E-state index contributed by atoms with van der Waals surface area (Å²) in [6.45, 7) is 2.46. The second kappa shape index (κ2) is 7.11. The van der Waals surface area contributed by atoms with Gasteiger partial charge in [-0.05, 0) is 19.1 Å². The number of carboxylic acid groups (broad SMARTS) is 1. The monoisotopic (exact) mass is 268 g/mol. The Morgan fingerprint density at radius 3 is 2.53 bits per heavy atom. The van der Waals surface area contributed by atoms with Crippen molar-refractivity contribution in [1.29, 1.82) is 0 Å². The van der Waals surface area contributed by atoms with Crippen molar-refractivity contribution in [3.05, 3.63) is 29.8 Å². The molecule has 0 bridgehead atoms. The Labute approximate surface area is 113 Å². The van der Waals surface area contributed by atoms with Crippen LogP contribution >= 0.6 is 0 Å². The predicted octanol–water partition coefficient (Wildman–Crippen LogP) is 2.40. The summed E-state index contributed by atoms with van der Waals surface area (Å²) in [6, 6.07) is 7.30. The molecule has 1 aromatic rings. The van der Waals surface area contributed by atoms with E-state index in [9.17, 15) is 4.79 Å². The van der Waals surface area contributed by atoms with Crippen LogP contribution in [0.15, 0.2) is 24.3 Å². The van der Waals surface area contributed by atoms with E-state index in [4.69, 9.17) is 19.3 Å². The molecule has 0 aliphatic rings. The van der Waals surface area contributed by atoms with Gasteiger partial charge in [0.2, 0.25) is 0 Å². The largest absolute Gasteiger partial charge is 0.494 e. The van der Waals surface area contributed by atoms with Crippen LogP contribution in [0.5, 0.6) is 5.75 Å². The van der Waals surface area contributed by atoms with Crippen LogP contribution in [0.25, 0.3) is 0 Å². The number of carboxylic acids is 1. The maximum Gasteiger partial charge on any atom is 0.303 e. The zero-order chi connectivity index (χ0) is 14.3. The van der Waals surface area contributed by atoms with Crippen LogP contribution in [-0.2, 0) is 20.1 Å². The van der Waals surface area contributed by atoms with Crippen molar-refractivity contribution in [3.63, 3.8) is 0 Å². The van der Waals surface area contributed by atoms with Crippen molar-refractivity contribution in [2.75, 3.05) is 20.8 Å². The lowest BCUT2D eigenvalue weighted by Gasteiger charge is -2.31. The molecule has 19 heavy (non-hydrogen) atoms. The fraction of sp³-hybridized carbons (Fsp3) is 0.500. The third-order valence-electron chi connectivity index (χ3n) is 2.91. The fourth-order valence-electron chi connectivity index (χ4n) is 1.93. The lowest BCUT2D eigenvalue weighted by molar-refractivity contribution is -0.221. The van der Waals surface area contributed by atoms with Gasteiger partial charge >= 0.3 is 5.97 Å². The Morgan fingerprint density at radius 2 is 2.00 bits per heavy atom. The molecule has 1 N–H and O–H groups in total. The molecular weight excluding hydrogens is 248 g/mol. The number of methoxy groups -OCH3 is 2. The van der Waals surface area contributed by atoms with Gasteiger partial charge in [-0.15, -0.1) is 0 Å². The maximum atomic E-state index is 10.7. The van der Waals surface area contributed by atoms with Crippen molar-refractivity contribution in [2.45, 2.75) is 25.6 Å². The Kier molecular flexibility index (Phi) is 5.79. The van der Waals surface area contributed by atoms with E-state index in [2.05, 4.69) is 0 Å². The second-order valence-electron chi connectivity index (χ2n) is 4.02. The first-order chi connectivity index (χ1) is 9.07. The molecule has 0 aliphatic carbocycles. The molecule has 0 radical (unpaired) electrons. The Bertz CT molecular complexity index is 412. The summed E-state index contributed by atoms with van der Waals surface area (Å²) in [5, 5.41) is 8.82. The van der Waals surface area contributed by atoms with Crippen molar-refractivity contribution in [1.82, 2.24) is 0 Å².